The fourth-order valence-corrected chi connectivity index (χ4v) is 1.65. The highest BCUT2D eigenvalue weighted by Crippen LogP contribution is 2.12. The van der Waals surface area contributed by atoms with Gasteiger partial charge in [0.2, 0.25) is 0 Å². The monoisotopic (exact) mass is 199 g/mol. The summed E-state index contributed by atoms with van der Waals surface area (Å²) in [5.74, 6) is 0. The summed E-state index contributed by atoms with van der Waals surface area (Å²) in [7, 11) is 2.00. The molecule has 0 saturated heterocycles. The number of rotatable bonds is 8. The molecule has 0 saturated carbocycles. The summed E-state index contributed by atoms with van der Waals surface area (Å²) in [6.45, 7) is 11.0. The lowest BCUT2D eigenvalue weighted by molar-refractivity contribution is 0.0317. The van der Waals surface area contributed by atoms with E-state index in [-0.39, 0.29) is 0 Å². The predicted molar refractivity (Wildman–Crippen MR) is 62.6 cm³/mol. The number of allylic oxidation sites excluding steroid dienone is 1. The van der Waals surface area contributed by atoms with Gasteiger partial charge in [-0.2, -0.15) is 0 Å². The summed E-state index contributed by atoms with van der Waals surface area (Å²) in [6.07, 6.45) is 3.60. The largest absolute Gasteiger partial charge is 0.377 e. The molecular formula is C12H25NO. The van der Waals surface area contributed by atoms with Crippen LogP contribution in [0.15, 0.2) is 12.2 Å². The van der Waals surface area contributed by atoms with E-state index in [2.05, 4.69) is 25.7 Å². The summed E-state index contributed by atoms with van der Waals surface area (Å²) in [5.41, 5.74) is 1.25. The third-order valence-corrected chi connectivity index (χ3v) is 2.48. The maximum atomic E-state index is 5.68. The van der Waals surface area contributed by atoms with Crippen molar-refractivity contribution in [3.63, 3.8) is 0 Å². The number of likely N-dealkylation sites (N-methyl/N-ethyl adjacent to an activating group) is 1. The van der Waals surface area contributed by atoms with Crippen molar-refractivity contribution in [1.82, 2.24) is 5.32 Å². The Bertz CT molecular complexity index is 156. The molecule has 0 aliphatic rings. The summed E-state index contributed by atoms with van der Waals surface area (Å²) < 4.78 is 5.68. The van der Waals surface area contributed by atoms with Crippen molar-refractivity contribution in [2.24, 2.45) is 0 Å². The Morgan fingerprint density at radius 2 is 2.07 bits per heavy atom. The Kier molecular flexibility index (Phi) is 7.81. The van der Waals surface area contributed by atoms with E-state index in [0.29, 0.717) is 12.1 Å². The van der Waals surface area contributed by atoms with Crippen LogP contribution in [0.4, 0.5) is 0 Å². The van der Waals surface area contributed by atoms with Gasteiger partial charge in [-0.3, -0.25) is 0 Å². The molecule has 14 heavy (non-hydrogen) atoms. The topological polar surface area (TPSA) is 21.3 Å². The van der Waals surface area contributed by atoms with E-state index in [4.69, 9.17) is 4.74 Å². The molecule has 0 amide bonds. The lowest BCUT2D eigenvalue weighted by atomic mass is 10.0. The molecular weight excluding hydrogens is 174 g/mol. The quantitative estimate of drug-likeness (QED) is 0.607. The summed E-state index contributed by atoms with van der Waals surface area (Å²) >= 11 is 0. The summed E-state index contributed by atoms with van der Waals surface area (Å²) in [5, 5.41) is 3.33. The maximum absolute atomic E-state index is 5.68. The standard InChI is InChI=1S/C12H25NO/c1-6-12(14-7-2)11(13-5)9-8-10(3)4/h11-13H,3,6-9H2,1-2,4-5H3. The smallest absolute Gasteiger partial charge is 0.0725 e. The molecule has 0 aromatic rings. The molecule has 2 atom stereocenters. The molecule has 0 aliphatic carbocycles. The first kappa shape index (κ1) is 13.7. The maximum Gasteiger partial charge on any atom is 0.0725 e. The highest BCUT2D eigenvalue weighted by molar-refractivity contribution is 4.90. The third-order valence-electron chi connectivity index (χ3n) is 2.48. The lowest BCUT2D eigenvalue weighted by Crippen LogP contribution is -2.39. The first-order valence-corrected chi connectivity index (χ1v) is 5.58. The van der Waals surface area contributed by atoms with Crippen molar-refractivity contribution in [3.05, 3.63) is 12.2 Å². The summed E-state index contributed by atoms with van der Waals surface area (Å²) in [4.78, 5) is 0. The normalized spacial score (nSPS) is 15.1. The van der Waals surface area contributed by atoms with E-state index >= 15 is 0 Å². The molecule has 0 aliphatic heterocycles. The zero-order valence-corrected chi connectivity index (χ0v) is 10.1. The van der Waals surface area contributed by atoms with Crippen LogP contribution in [0.3, 0.4) is 0 Å². The van der Waals surface area contributed by atoms with Gasteiger partial charge in [0.25, 0.3) is 0 Å². The van der Waals surface area contributed by atoms with Crippen molar-refractivity contribution < 1.29 is 4.74 Å². The fraction of sp³-hybridized carbons (Fsp3) is 0.833. The van der Waals surface area contributed by atoms with Crippen molar-refractivity contribution >= 4 is 0 Å². The van der Waals surface area contributed by atoms with Gasteiger partial charge in [0.1, 0.15) is 0 Å². The molecule has 2 heteroatoms. The van der Waals surface area contributed by atoms with Crippen LogP contribution in [0, 0.1) is 0 Å². The molecule has 0 heterocycles. The van der Waals surface area contributed by atoms with E-state index in [9.17, 15) is 0 Å². The third kappa shape index (κ3) is 5.40. The molecule has 1 N–H and O–H groups in total. The number of hydrogen-bond acceptors (Lipinski definition) is 2. The van der Waals surface area contributed by atoms with Crippen LogP contribution in [-0.4, -0.2) is 25.8 Å². The van der Waals surface area contributed by atoms with Gasteiger partial charge in [0.05, 0.1) is 6.10 Å². The van der Waals surface area contributed by atoms with Crippen molar-refractivity contribution in [2.45, 2.75) is 52.2 Å². The predicted octanol–water partition coefficient (Wildman–Crippen LogP) is 2.75. The van der Waals surface area contributed by atoms with Crippen LogP contribution >= 0.6 is 0 Å². The van der Waals surface area contributed by atoms with Gasteiger partial charge in [-0.05, 0) is 40.2 Å². The molecule has 0 aromatic heterocycles. The first-order chi connectivity index (χ1) is 6.65. The van der Waals surface area contributed by atoms with E-state index in [0.717, 1.165) is 25.9 Å². The van der Waals surface area contributed by atoms with Crippen LogP contribution in [-0.2, 0) is 4.74 Å². The Labute approximate surface area is 88.7 Å². The van der Waals surface area contributed by atoms with Crippen molar-refractivity contribution in [1.29, 1.82) is 0 Å². The minimum Gasteiger partial charge on any atom is -0.377 e. The Balaban J connectivity index is 4.00. The van der Waals surface area contributed by atoms with Gasteiger partial charge in [-0.15, -0.1) is 6.58 Å². The van der Waals surface area contributed by atoms with Gasteiger partial charge in [-0.25, -0.2) is 0 Å². The Morgan fingerprint density at radius 3 is 2.43 bits per heavy atom. The Morgan fingerprint density at radius 1 is 1.43 bits per heavy atom. The van der Waals surface area contributed by atoms with Gasteiger partial charge in [0.15, 0.2) is 0 Å². The van der Waals surface area contributed by atoms with Gasteiger partial charge >= 0.3 is 0 Å². The van der Waals surface area contributed by atoms with Crippen LogP contribution in [0.5, 0.6) is 0 Å². The molecule has 84 valence electrons. The first-order valence-electron chi connectivity index (χ1n) is 5.58. The van der Waals surface area contributed by atoms with Crippen LogP contribution in [0.1, 0.15) is 40.0 Å². The van der Waals surface area contributed by atoms with E-state index in [1.165, 1.54) is 5.57 Å². The van der Waals surface area contributed by atoms with Crippen LogP contribution in [0.2, 0.25) is 0 Å². The average Bonchev–Trinajstić information content (AvgIpc) is 2.16. The highest BCUT2D eigenvalue weighted by Gasteiger charge is 2.17. The molecule has 0 bridgehead atoms. The molecule has 0 fully saturated rings. The second-order valence-electron chi connectivity index (χ2n) is 3.79. The van der Waals surface area contributed by atoms with Crippen molar-refractivity contribution in [3.8, 4) is 0 Å². The second kappa shape index (κ2) is 8.01. The minimum atomic E-state index is 0.337. The molecule has 2 unspecified atom stereocenters. The molecule has 0 rings (SSSR count). The lowest BCUT2D eigenvalue weighted by Gasteiger charge is -2.25. The van der Waals surface area contributed by atoms with Crippen LogP contribution in [0.25, 0.3) is 0 Å². The molecule has 2 nitrogen and oxygen atoms in total. The fourth-order valence-electron chi connectivity index (χ4n) is 1.65. The Hall–Kier alpha value is -0.340. The number of ether oxygens (including phenoxy) is 1. The minimum absolute atomic E-state index is 0.337. The number of hydrogen-bond donors (Lipinski definition) is 1. The van der Waals surface area contributed by atoms with E-state index in [1.807, 2.05) is 14.0 Å². The highest BCUT2D eigenvalue weighted by atomic mass is 16.5. The second-order valence-corrected chi connectivity index (χ2v) is 3.79. The zero-order chi connectivity index (χ0) is 11.0. The molecule has 0 radical (unpaired) electrons. The average molecular weight is 199 g/mol. The van der Waals surface area contributed by atoms with Crippen molar-refractivity contribution in [2.75, 3.05) is 13.7 Å². The SMILES string of the molecule is C=C(C)CCC(NC)C(CC)OCC. The number of nitrogens with one attached hydrogen (secondary N) is 1. The zero-order valence-electron chi connectivity index (χ0n) is 10.1. The van der Waals surface area contributed by atoms with E-state index < -0.39 is 0 Å². The van der Waals surface area contributed by atoms with Gasteiger partial charge in [-0.1, -0.05) is 12.5 Å². The van der Waals surface area contributed by atoms with Gasteiger partial charge < -0.3 is 10.1 Å². The van der Waals surface area contributed by atoms with E-state index in [1.54, 1.807) is 0 Å². The summed E-state index contributed by atoms with van der Waals surface area (Å²) in [6, 6.07) is 0.455. The van der Waals surface area contributed by atoms with Crippen LogP contribution < -0.4 is 5.32 Å². The molecule has 0 spiro atoms. The molecule has 0 aromatic carbocycles. The van der Waals surface area contributed by atoms with Gasteiger partial charge in [0, 0.05) is 12.6 Å².